The molecule has 2 atom stereocenters. The highest BCUT2D eigenvalue weighted by molar-refractivity contribution is 8.00. The first kappa shape index (κ1) is 17.2. The number of carboxylic acid groups (broad SMARTS) is 1. The molecule has 0 saturated carbocycles. The molecule has 2 N–H and O–H groups in total. The van der Waals surface area contributed by atoms with Crippen LogP contribution in [0.3, 0.4) is 0 Å². The summed E-state index contributed by atoms with van der Waals surface area (Å²) in [6, 6.07) is 5.54. The molecule has 0 bridgehead atoms. The molecule has 9 heteroatoms. The third kappa shape index (κ3) is 3.36. The number of amides is 2. The Morgan fingerprint density at radius 1 is 1.35 bits per heavy atom. The van der Waals surface area contributed by atoms with Gasteiger partial charge >= 0.3 is 12.1 Å². The summed E-state index contributed by atoms with van der Waals surface area (Å²) in [4.78, 5) is 39.5. The molecule has 138 valence electrons. The van der Waals surface area contributed by atoms with Crippen LogP contribution in [0, 0.1) is 5.92 Å². The standard InChI is InChI=1S/C17H19N3O5S/c21-15-9-26-14-2-1-11(5-13(14)18-15)20-8-12(25-17(20)24)7-19-4-3-10(6-19)16(22)23/h1-2,5,10,12H,3-4,6-9H2,(H,18,21)(H,22,23)/t10-,12-/m1/s1. The van der Waals surface area contributed by atoms with E-state index in [2.05, 4.69) is 5.32 Å². The van der Waals surface area contributed by atoms with E-state index in [1.807, 2.05) is 17.0 Å². The van der Waals surface area contributed by atoms with Crippen molar-refractivity contribution in [2.24, 2.45) is 5.92 Å². The normalized spacial score (nSPS) is 25.8. The summed E-state index contributed by atoms with van der Waals surface area (Å²) in [7, 11) is 0. The van der Waals surface area contributed by atoms with Crippen molar-refractivity contribution in [2.45, 2.75) is 17.4 Å². The van der Waals surface area contributed by atoms with E-state index in [9.17, 15) is 14.4 Å². The molecule has 8 nitrogen and oxygen atoms in total. The minimum Gasteiger partial charge on any atom is -0.481 e. The number of hydrogen-bond acceptors (Lipinski definition) is 6. The molecular weight excluding hydrogens is 358 g/mol. The lowest BCUT2D eigenvalue weighted by molar-refractivity contribution is -0.141. The fourth-order valence-corrected chi connectivity index (χ4v) is 4.34. The second-order valence-electron chi connectivity index (χ2n) is 6.72. The molecule has 0 unspecified atom stereocenters. The molecule has 1 aromatic carbocycles. The Hall–Kier alpha value is -2.26. The zero-order valence-electron chi connectivity index (χ0n) is 14.0. The van der Waals surface area contributed by atoms with Crippen molar-refractivity contribution in [2.75, 3.05) is 42.1 Å². The molecule has 3 heterocycles. The SMILES string of the molecule is O=C1CSc2ccc(N3C[C@@H](CN4CC[C@@H](C(=O)O)C4)OC3=O)cc2N1. The number of fused-ring (bicyclic) bond motifs is 1. The molecule has 0 radical (unpaired) electrons. The van der Waals surface area contributed by atoms with Crippen LogP contribution >= 0.6 is 11.8 Å². The molecule has 3 aliphatic heterocycles. The molecule has 26 heavy (non-hydrogen) atoms. The number of likely N-dealkylation sites (tertiary alicyclic amines) is 1. The van der Waals surface area contributed by atoms with Crippen LogP contribution in [0.4, 0.5) is 16.2 Å². The van der Waals surface area contributed by atoms with Crippen molar-refractivity contribution in [3.8, 4) is 0 Å². The number of thioether (sulfide) groups is 1. The van der Waals surface area contributed by atoms with Gasteiger partial charge in [0, 0.05) is 23.7 Å². The fraction of sp³-hybridized carbons (Fsp3) is 0.471. The van der Waals surface area contributed by atoms with Crippen molar-refractivity contribution in [3.05, 3.63) is 18.2 Å². The monoisotopic (exact) mass is 377 g/mol. The van der Waals surface area contributed by atoms with Gasteiger partial charge in [-0.3, -0.25) is 19.4 Å². The number of ether oxygens (including phenoxy) is 1. The van der Waals surface area contributed by atoms with Crippen LogP contribution in [0.5, 0.6) is 0 Å². The van der Waals surface area contributed by atoms with Gasteiger partial charge in [0.15, 0.2) is 0 Å². The van der Waals surface area contributed by atoms with E-state index in [0.717, 1.165) is 4.90 Å². The summed E-state index contributed by atoms with van der Waals surface area (Å²) in [6.45, 7) is 2.13. The smallest absolute Gasteiger partial charge is 0.414 e. The molecule has 2 saturated heterocycles. The summed E-state index contributed by atoms with van der Waals surface area (Å²) in [5.41, 5.74) is 1.40. The number of carbonyl (C=O) groups excluding carboxylic acids is 2. The highest BCUT2D eigenvalue weighted by Gasteiger charge is 2.36. The van der Waals surface area contributed by atoms with E-state index < -0.39 is 12.1 Å². The van der Waals surface area contributed by atoms with Gasteiger partial charge in [0.1, 0.15) is 6.10 Å². The Morgan fingerprint density at radius 2 is 2.19 bits per heavy atom. The molecule has 2 fully saturated rings. The zero-order valence-corrected chi connectivity index (χ0v) is 14.8. The summed E-state index contributed by atoms with van der Waals surface area (Å²) in [5.74, 6) is -0.770. The van der Waals surface area contributed by atoms with Crippen LogP contribution in [-0.4, -0.2) is 66.0 Å². The average Bonchev–Trinajstić information content (AvgIpc) is 3.21. The van der Waals surface area contributed by atoms with Crippen LogP contribution < -0.4 is 10.2 Å². The summed E-state index contributed by atoms with van der Waals surface area (Å²) >= 11 is 1.47. The van der Waals surface area contributed by atoms with E-state index >= 15 is 0 Å². The summed E-state index contributed by atoms with van der Waals surface area (Å²) in [5, 5.41) is 11.9. The van der Waals surface area contributed by atoms with E-state index in [1.165, 1.54) is 11.8 Å². The molecule has 0 aromatic heterocycles. The predicted molar refractivity (Wildman–Crippen MR) is 95.6 cm³/mol. The van der Waals surface area contributed by atoms with Gasteiger partial charge in [0.25, 0.3) is 0 Å². The number of nitrogens with one attached hydrogen (secondary N) is 1. The van der Waals surface area contributed by atoms with E-state index in [0.29, 0.717) is 49.7 Å². The van der Waals surface area contributed by atoms with Crippen molar-refractivity contribution in [1.82, 2.24) is 4.90 Å². The number of carbonyl (C=O) groups is 3. The van der Waals surface area contributed by atoms with Gasteiger partial charge in [-0.25, -0.2) is 4.79 Å². The Balaban J connectivity index is 1.41. The molecule has 1 aromatic rings. The van der Waals surface area contributed by atoms with Crippen LogP contribution in [0.25, 0.3) is 0 Å². The minimum atomic E-state index is -0.772. The maximum absolute atomic E-state index is 12.3. The van der Waals surface area contributed by atoms with Gasteiger partial charge in [0.05, 0.1) is 23.9 Å². The van der Waals surface area contributed by atoms with Crippen molar-refractivity contribution in [3.63, 3.8) is 0 Å². The van der Waals surface area contributed by atoms with Crippen LogP contribution in [0.2, 0.25) is 0 Å². The summed E-state index contributed by atoms with van der Waals surface area (Å²) < 4.78 is 5.46. The van der Waals surface area contributed by atoms with Crippen molar-refractivity contribution >= 4 is 41.1 Å². The lowest BCUT2D eigenvalue weighted by Gasteiger charge is -2.20. The zero-order chi connectivity index (χ0) is 18.3. The fourth-order valence-electron chi connectivity index (χ4n) is 3.55. The van der Waals surface area contributed by atoms with Gasteiger partial charge < -0.3 is 15.2 Å². The van der Waals surface area contributed by atoms with Crippen LogP contribution in [0.15, 0.2) is 23.1 Å². The molecular formula is C17H19N3O5S. The number of aliphatic carboxylic acids is 1. The minimum absolute atomic E-state index is 0.0523. The maximum Gasteiger partial charge on any atom is 0.414 e. The quantitative estimate of drug-likeness (QED) is 0.819. The van der Waals surface area contributed by atoms with Gasteiger partial charge in [-0.2, -0.15) is 0 Å². The number of hydrogen-bond donors (Lipinski definition) is 2. The first-order valence-electron chi connectivity index (χ1n) is 8.49. The van der Waals surface area contributed by atoms with E-state index in [1.54, 1.807) is 11.0 Å². The van der Waals surface area contributed by atoms with Crippen LogP contribution in [-0.2, 0) is 14.3 Å². The number of carboxylic acids is 1. The maximum atomic E-state index is 12.3. The number of anilines is 2. The lowest BCUT2D eigenvalue weighted by atomic mass is 10.1. The first-order chi connectivity index (χ1) is 12.5. The highest BCUT2D eigenvalue weighted by atomic mass is 32.2. The molecule has 0 aliphatic carbocycles. The van der Waals surface area contributed by atoms with Crippen molar-refractivity contribution in [1.29, 1.82) is 0 Å². The second kappa shape index (κ2) is 6.81. The number of cyclic esters (lactones) is 1. The average molecular weight is 377 g/mol. The number of nitrogens with zero attached hydrogens (tertiary/aromatic N) is 2. The Kier molecular flexibility index (Phi) is 4.49. The van der Waals surface area contributed by atoms with Crippen LogP contribution in [0.1, 0.15) is 6.42 Å². The largest absolute Gasteiger partial charge is 0.481 e. The van der Waals surface area contributed by atoms with E-state index in [4.69, 9.17) is 9.84 Å². The molecule has 3 aliphatic rings. The third-order valence-electron chi connectivity index (χ3n) is 4.87. The number of rotatable bonds is 4. The third-order valence-corrected chi connectivity index (χ3v) is 5.94. The summed E-state index contributed by atoms with van der Waals surface area (Å²) in [6.07, 6.45) is -0.0872. The van der Waals surface area contributed by atoms with Gasteiger partial charge in [-0.05, 0) is 31.2 Å². The Labute approximate surface area is 154 Å². The lowest BCUT2D eigenvalue weighted by Crippen LogP contribution is -2.34. The van der Waals surface area contributed by atoms with Gasteiger partial charge in [0.2, 0.25) is 5.91 Å². The number of benzene rings is 1. The Bertz CT molecular complexity index is 771. The van der Waals surface area contributed by atoms with Crippen molar-refractivity contribution < 1.29 is 24.2 Å². The topological polar surface area (TPSA) is 99.2 Å². The molecule has 0 spiro atoms. The first-order valence-corrected chi connectivity index (χ1v) is 9.48. The molecule has 4 rings (SSSR count). The van der Waals surface area contributed by atoms with E-state index in [-0.39, 0.29) is 17.9 Å². The molecule has 2 amide bonds. The Morgan fingerprint density at radius 3 is 2.96 bits per heavy atom. The predicted octanol–water partition coefficient (Wildman–Crippen LogP) is 1.46. The van der Waals surface area contributed by atoms with Gasteiger partial charge in [-0.1, -0.05) is 0 Å². The highest BCUT2D eigenvalue weighted by Crippen LogP contribution is 2.35. The van der Waals surface area contributed by atoms with Gasteiger partial charge in [-0.15, -0.1) is 11.8 Å². The second-order valence-corrected chi connectivity index (χ2v) is 7.73.